The van der Waals surface area contributed by atoms with E-state index in [0.29, 0.717) is 6.61 Å². The summed E-state index contributed by atoms with van der Waals surface area (Å²) in [6, 6.07) is 0. The minimum atomic E-state index is -0.356. The van der Waals surface area contributed by atoms with E-state index in [1.807, 2.05) is 27.7 Å². The van der Waals surface area contributed by atoms with Gasteiger partial charge in [-0.1, -0.05) is 27.7 Å². The lowest BCUT2D eigenvalue weighted by Crippen LogP contribution is -2.21. The van der Waals surface area contributed by atoms with Crippen LogP contribution in [0.2, 0.25) is 0 Å². The summed E-state index contributed by atoms with van der Waals surface area (Å²) >= 11 is 0. The molecule has 0 spiro atoms. The van der Waals surface area contributed by atoms with Gasteiger partial charge >= 0.3 is 5.97 Å². The molecule has 3 heteroatoms. The summed E-state index contributed by atoms with van der Waals surface area (Å²) in [5.41, 5.74) is -0.356. The standard InChI is InChI=1S/C11H20O3/c1-5-8-14-10(13)7-6-9(12)11(2,3)4/h5-8H2,1-4H3. The Labute approximate surface area is 85.8 Å². The molecule has 0 unspecified atom stereocenters. The molecule has 0 amide bonds. The normalized spacial score (nSPS) is 11.1. The average molecular weight is 200 g/mol. The fraction of sp³-hybridized carbons (Fsp3) is 0.818. The summed E-state index contributed by atoms with van der Waals surface area (Å²) in [7, 11) is 0. The van der Waals surface area contributed by atoms with Crippen molar-refractivity contribution in [3.8, 4) is 0 Å². The van der Waals surface area contributed by atoms with E-state index < -0.39 is 0 Å². The van der Waals surface area contributed by atoms with Crippen LogP contribution in [0.4, 0.5) is 0 Å². The van der Waals surface area contributed by atoms with E-state index in [-0.39, 0.29) is 30.0 Å². The molecule has 0 aromatic heterocycles. The van der Waals surface area contributed by atoms with Crippen LogP contribution in [-0.4, -0.2) is 18.4 Å². The molecular weight excluding hydrogens is 180 g/mol. The van der Waals surface area contributed by atoms with Gasteiger partial charge < -0.3 is 4.74 Å². The molecule has 0 bridgehead atoms. The van der Waals surface area contributed by atoms with Gasteiger partial charge in [-0.15, -0.1) is 0 Å². The van der Waals surface area contributed by atoms with Crippen molar-refractivity contribution in [1.82, 2.24) is 0 Å². The Hall–Kier alpha value is -0.860. The van der Waals surface area contributed by atoms with Crippen molar-refractivity contribution < 1.29 is 14.3 Å². The quantitative estimate of drug-likeness (QED) is 0.640. The third-order valence-electron chi connectivity index (χ3n) is 1.86. The highest BCUT2D eigenvalue weighted by atomic mass is 16.5. The van der Waals surface area contributed by atoms with Crippen molar-refractivity contribution in [2.75, 3.05) is 6.61 Å². The zero-order valence-electron chi connectivity index (χ0n) is 9.55. The maximum absolute atomic E-state index is 11.4. The van der Waals surface area contributed by atoms with E-state index in [2.05, 4.69) is 0 Å². The molecule has 0 radical (unpaired) electrons. The van der Waals surface area contributed by atoms with Crippen LogP contribution < -0.4 is 0 Å². The van der Waals surface area contributed by atoms with Crippen LogP contribution in [0.5, 0.6) is 0 Å². The smallest absolute Gasteiger partial charge is 0.306 e. The SMILES string of the molecule is CCCOC(=O)CCC(=O)C(C)(C)C. The Bertz CT molecular complexity index is 201. The molecule has 0 aliphatic carbocycles. The summed E-state index contributed by atoms with van der Waals surface area (Å²) in [6.07, 6.45) is 1.31. The van der Waals surface area contributed by atoms with Gasteiger partial charge in [-0.2, -0.15) is 0 Å². The molecule has 0 aliphatic heterocycles. The minimum Gasteiger partial charge on any atom is -0.466 e. The molecular formula is C11H20O3. The lowest BCUT2D eigenvalue weighted by molar-refractivity contribution is -0.145. The molecule has 82 valence electrons. The highest BCUT2D eigenvalue weighted by molar-refractivity contribution is 5.86. The van der Waals surface area contributed by atoms with Gasteiger partial charge in [-0.25, -0.2) is 0 Å². The maximum Gasteiger partial charge on any atom is 0.306 e. The largest absolute Gasteiger partial charge is 0.466 e. The highest BCUT2D eigenvalue weighted by Crippen LogP contribution is 2.17. The number of hydrogen-bond donors (Lipinski definition) is 0. The topological polar surface area (TPSA) is 43.4 Å². The van der Waals surface area contributed by atoms with Gasteiger partial charge in [-0.05, 0) is 6.42 Å². The second-order valence-electron chi connectivity index (χ2n) is 4.39. The Balaban J connectivity index is 3.73. The molecule has 0 aliphatic rings. The zero-order chi connectivity index (χ0) is 11.2. The van der Waals surface area contributed by atoms with Crippen LogP contribution in [0, 0.1) is 5.41 Å². The van der Waals surface area contributed by atoms with E-state index in [1.165, 1.54) is 0 Å². The van der Waals surface area contributed by atoms with Gasteiger partial charge in [0.15, 0.2) is 0 Å². The minimum absolute atomic E-state index is 0.103. The molecule has 0 saturated carbocycles. The van der Waals surface area contributed by atoms with Crippen molar-refractivity contribution >= 4 is 11.8 Å². The number of ketones is 1. The first-order valence-corrected chi connectivity index (χ1v) is 5.07. The summed E-state index contributed by atoms with van der Waals surface area (Å²) < 4.78 is 4.86. The first kappa shape index (κ1) is 13.1. The number of carbonyl (C=O) groups excluding carboxylic acids is 2. The number of esters is 1. The number of Topliss-reactive ketones (excluding diaryl/α,β-unsaturated/α-hetero) is 1. The Morgan fingerprint density at radius 3 is 2.14 bits per heavy atom. The molecule has 0 rings (SSSR count). The highest BCUT2D eigenvalue weighted by Gasteiger charge is 2.21. The summed E-state index contributed by atoms with van der Waals surface area (Å²) in [4.78, 5) is 22.5. The fourth-order valence-electron chi connectivity index (χ4n) is 0.879. The van der Waals surface area contributed by atoms with Crippen LogP contribution >= 0.6 is 0 Å². The van der Waals surface area contributed by atoms with E-state index >= 15 is 0 Å². The third-order valence-corrected chi connectivity index (χ3v) is 1.86. The number of carbonyl (C=O) groups is 2. The van der Waals surface area contributed by atoms with E-state index in [9.17, 15) is 9.59 Å². The molecule has 0 N–H and O–H groups in total. The Morgan fingerprint density at radius 2 is 1.71 bits per heavy atom. The van der Waals surface area contributed by atoms with Crippen molar-refractivity contribution in [3.63, 3.8) is 0 Å². The maximum atomic E-state index is 11.4. The van der Waals surface area contributed by atoms with Gasteiger partial charge in [0.25, 0.3) is 0 Å². The van der Waals surface area contributed by atoms with E-state index in [0.717, 1.165) is 6.42 Å². The molecule has 0 aromatic rings. The van der Waals surface area contributed by atoms with Crippen LogP contribution in [0.1, 0.15) is 47.0 Å². The molecule has 3 nitrogen and oxygen atoms in total. The van der Waals surface area contributed by atoms with Crippen LogP contribution in [-0.2, 0) is 14.3 Å². The zero-order valence-corrected chi connectivity index (χ0v) is 9.55. The predicted molar refractivity (Wildman–Crippen MR) is 54.9 cm³/mol. The van der Waals surface area contributed by atoms with E-state index in [4.69, 9.17) is 4.74 Å². The summed E-state index contributed by atoms with van der Waals surface area (Å²) in [5, 5.41) is 0. The van der Waals surface area contributed by atoms with Crippen LogP contribution in [0.3, 0.4) is 0 Å². The molecule has 0 saturated heterocycles. The monoisotopic (exact) mass is 200 g/mol. The van der Waals surface area contributed by atoms with Crippen molar-refractivity contribution in [3.05, 3.63) is 0 Å². The van der Waals surface area contributed by atoms with Crippen molar-refractivity contribution in [1.29, 1.82) is 0 Å². The number of ether oxygens (including phenoxy) is 1. The number of rotatable bonds is 5. The third kappa shape index (κ3) is 5.73. The van der Waals surface area contributed by atoms with Gasteiger partial charge in [0.1, 0.15) is 5.78 Å². The molecule has 0 heterocycles. The summed E-state index contributed by atoms with van der Waals surface area (Å²) in [5.74, 6) is -0.171. The average Bonchev–Trinajstić information content (AvgIpc) is 2.09. The van der Waals surface area contributed by atoms with Crippen molar-refractivity contribution in [2.45, 2.75) is 47.0 Å². The Kier molecular flexibility index (Phi) is 5.43. The van der Waals surface area contributed by atoms with Gasteiger partial charge in [0.2, 0.25) is 0 Å². The predicted octanol–water partition coefficient (Wildman–Crippen LogP) is 2.33. The lowest BCUT2D eigenvalue weighted by atomic mass is 9.88. The first-order valence-electron chi connectivity index (χ1n) is 5.07. The van der Waals surface area contributed by atoms with Gasteiger partial charge in [-0.3, -0.25) is 9.59 Å². The fourth-order valence-corrected chi connectivity index (χ4v) is 0.879. The number of hydrogen-bond acceptors (Lipinski definition) is 3. The second kappa shape index (κ2) is 5.78. The molecule has 0 aromatic carbocycles. The Morgan fingerprint density at radius 1 is 1.14 bits per heavy atom. The second-order valence-corrected chi connectivity index (χ2v) is 4.39. The van der Waals surface area contributed by atoms with Crippen LogP contribution in [0.25, 0.3) is 0 Å². The van der Waals surface area contributed by atoms with Gasteiger partial charge in [0.05, 0.1) is 13.0 Å². The molecule has 14 heavy (non-hydrogen) atoms. The summed E-state index contributed by atoms with van der Waals surface area (Å²) in [6.45, 7) is 7.95. The van der Waals surface area contributed by atoms with E-state index in [1.54, 1.807) is 0 Å². The molecule has 0 fully saturated rings. The molecule has 0 atom stereocenters. The lowest BCUT2D eigenvalue weighted by Gasteiger charge is -2.15. The van der Waals surface area contributed by atoms with Gasteiger partial charge in [0, 0.05) is 11.8 Å². The first-order chi connectivity index (χ1) is 6.38. The van der Waals surface area contributed by atoms with Crippen LogP contribution in [0.15, 0.2) is 0 Å². The van der Waals surface area contributed by atoms with Crippen molar-refractivity contribution in [2.24, 2.45) is 5.41 Å².